The van der Waals surface area contributed by atoms with Crippen molar-refractivity contribution in [2.24, 2.45) is 5.84 Å². The maximum atomic E-state index is 5.63. The van der Waals surface area contributed by atoms with Crippen molar-refractivity contribution in [3.05, 3.63) is 29.8 Å². The molecule has 0 heterocycles. The second kappa shape index (κ2) is 7.27. The molecule has 0 fully saturated rings. The summed E-state index contributed by atoms with van der Waals surface area (Å²) in [7, 11) is 3.37. The van der Waals surface area contributed by atoms with Crippen molar-refractivity contribution in [2.45, 2.75) is 31.9 Å². The minimum atomic E-state index is -0.0185. The Bertz CT molecular complexity index is 331. The average molecular weight is 238 g/mol. The van der Waals surface area contributed by atoms with Crippen LogP contribution in [0.1, 0.15) is 31.4 Å². The Balaban J connectivity index is 2.90. The molecule has 1 aromatic rings. The van der Waals surface area contributed by atoms with Crippen molar-refractivity contribution >= 4 is 0 Å². The minimum Gasteiger partial charge on any atom is -0.497 e. The van der Waals surface area contributed by atoms with Crippen LogP contribution in [0.2, 0.25) is 0 Å². The largest absolute Gasteiger partial charge is 0.497 e. The molecule has 96 valence electrons. The zero-order valence-corrected chi connectivity index (χ0v) is 10.8. The Labute approximate surface area is 103 Å². The summed E-state index contributed by atoms with van der Waals surface area (Å²) < 4.78 is 10.7. The van der Waals surface area contributed by atoms with Crippen LogP contribution in [0.5, 0.6) is 5.75 Å². The Morgan fingerprint density at radius 1 is 1.35 bits per heavy atom. The number of hydrogen-bond acceptors (Lipinski definition) is 4. The molecule has 0 saturated carbocycles. The molecule has 0 aromatic heterocycles. The van der Waals surface area contributed by atoms with Crippen molar-refractivity contribution in [3.63, 3.8) is 0 Å². The molecule has 0 amide bonds. The number of benzene rings is 1. The fourth-order valence-corrected chi connectivity index (χ4v) is 1.96. The molecular weight excluding hydrogens is 216 g/mol. The standard InChI is InChI=1S/C13H22N2O2/c1-4-6-12(17-3)13(15-14)10-7-5-8-11(9-10)16-2/h5,7-9,12-13,15H,4,6,14H2,1-3H3. The summed E-state index contributed by atoms with van der Waals surface area (Å²) in [5.41, 5.74) is 3.90. The van der Waals surface area contributed by atoms with Gasteiger partial charge in [-0.25, -0.2) is 0 Å². The van der Waals surface area contributed by atoms with Crippen LogP contribution in [-0.4, -0.2) is 20.3 Å². The third-order valence-electron chi connectivity index (χ3n) is 2.88. The highest BCUT2D eigenvalue weighted by molar-refractivity contribution is 5.31. The summed E-state index contributed by atoms with van der Waals surface area (Å²) in [5.74, 6) is 6.46. The predicted octanol–water partition coefficient (Wildman–Crippen LogP) is 2.01. The zero-order chi connectivity index (χ0) is 12.7. The predicted molar refractivity (Wildman–Crippen MR) is 68.8 cm³/mol. The lowest BCUT2D eigenvalue weighted by Crippen LogP contribution is -2.37. The molecule has 0 radical (unpaired) electrons. The second-order valence-electron chi connectivity index (χ2n) is 3.98. The first kappa shape index (κ1) is 14.0. The van der Waals surface area contributed by atoms with E-state index < -0.39 is 0 Å². The van der Waals surface area contributed by atoms with Gasteiger partial charge in [0.05, 0.1) is 19.3 Å². The highest BCUT2D eigenvalue weighted by Gasteiger charge is 2.21. The zero-order valence-electron chi connectivity index (χ0n) is 10.8. The van der Waals surface area contributed by atoms with Gasteiger partial charge in [-0.05, 0) is 24.1 Å². The molecule has 0 aliphatic rings. The van der Waals surface area contributed by atoms with Crippen molar-refractivity contribution in [2.75, 3.05) is 14.2 Å². The number of hydrogen-bond donors (Lipinski definition) is 2. The number of rotatable bonds is 7. The molecule has 2 atom stereocenters. The van der Waals surface area contributed by atoms with Gasteiger partial charge in [0, 0.05) is 7.11 Å². The molecule has 1 aromatic carbocycles. The number of nitrogens with two attached hydrogens (primary N) is 1. The lowest BCUT2D eigenvalue weighted by Gasteiger charge is -2.25. The maximum absolute atomic E-state index is 5.63. The quantitative estimate of drug-likeness (QED) is 0.563. The van der Waals surface area contributed by atoms with Gasteiger partial charge in [0.15, 0.2) is 0 Å². The van der Waals surface area contributed by atoms with Gasteiger partial charge in [-0.1, -0.05) is 25.5 Å². The fraction of sp³-hybridized carbons (Fsp3) is 0.538. The summed E-state index contributed by atoms with van der Waals surface area (Å²) in [6, 6.07) is 7.85. The molecule has 0 aliphatic heterocycles. The van der Waals surface area contributed by atoms with E-state index in [9.17, 15) is 0 Å². The van der Waals surface area contributed by atoms with Crippen LogP contribution in [0.4, 0.5) is 0 Å². The topological polar surface area (TPSA) is 56.5 Å². The molecule has 0 aliphatic carbocycles. The van der Waals surface area contributed by atoms with Crippen LogP contribution in [0.15, 0.2) is 24.3 Å². The van der Waals surface area contributed by atoms with Gasteiger partial charge in [0.1, 0.15) is 5.75 Å². The van der Waals surface area contributed by atoms with E-state index in [2.05, 4.69) is 12.3 Å². The normalized spacial score (nSPS) is 14.4. The lowest BCUT2D eigenvalue weighted by molar-refractivity contribution is 0.0605. The number of hydrazine groups is 1. The van der Waals surface area contributed by atoms with E-state index in [0.717, 1.165) is 24.2 Å². The van der Waals surface area contributed by atoms with Gasteiger partial charge in [0.25, 0.3) is 0 Å². The summed E-state index contributed by atoms with van der Waals surface area (Å²) in [5, 5.41) is 0. The van der Waals surface area contributed by atoms with Crippen molar-refractivity contribution in [1.29, 1.82) is 0 Å². The van der Waals surface area contributed by atoms with Crippen LogP contribution in [-0.2, 0) is 4.74 Å². The fourth-order valence-electron chi connectivity index (χ4n) is 1.96. The van der Waals surface area contributed by atoms with E-state index in [1.54, 1.807) is 14.2 Å². The van der Waals surface area contributed by atoms with E-state index in [-0.39, 0.29) is 12.1 Å². The summed E-state index contributed by atoms with van der Waals surface area (Å²) in [6.07, 6.45) is 2.08. The first-order chi connectivity index (χ1) is 8.26. The van der Waals surface area contributed by atoms with Crippen molar-refractivity contribution in [1.82, 2.24) is 5.43 Å². The van der Waals surface area contributed by atoms with E-state index in [1.165, 1.54) is 0 Å². The summed E-state index contributed by atoms with van der Waals surface area (Å²) in [6.45, 7) is 2.13. The van der Waals surface area contributed by atoms with Gasteiger partial charge in [-0.15, -0.1) is 0 Å². The van der Waals surface area contributed by atoms with E-state index in [4.69, 9.17) is 15.3 Å². The number of nitrogens with one attached hydrogen (secondary N) is 1. The van der Waals surface area contributed by atoms with Gasteiger partial charge >= 0.3 is 0 Å². The highest BCUT2D eigenvalue weighted by atomic mass is 16.5. The van der Waals surface area contributed by atoms with E-state index >= 15 is 0 Å². The minimum absolute atomic E-state index is 0.0185. The molecule has 17 heavy (non-hydrogen) atoms. The molecule has 4 nitrogen and oxygen atoms in total. The van der Waals surface area contributed by atoms with Crippen LogP contribution >= 0.6 is 0 Å². The molecule has 4 heteroatoms. The Hall–Kier alpha value is -1.10. The van der Waals surface area contributed by atoms with E-state index in [1.807, 2.05) is 24.3 Å². The maximum Gasteiger partial charge on any atom is 0.119 e. The van der Waals surface area contributed by atoms with Crippen LogP contribution in [0.3, 0.4) is 0 Å². The van der Waals surface area contributed by atoms with Crippen molar-refractivity contribution < 1.29 is 9.47 Å². The Morgan fingerprint density at radius 3 is 2.65 bits per heavy atom. The monoisotopic (exact) mass is 238 g/mol. The first-order valence-electron chi connectivity index (χ1n) is 5.89. The molecular formula is C13H22N2O2. The molecule has 2 unspecified atom stereocenters. The van der Waals surface area contributed by atoms with Crippen molar-refractivity contribution in [3.8, 4) is 5.75 Å². The molecule has 0 spiro atoms. The third kappa shape index (κ3) is 3.70. The smallest absolute Gasteiger partial charge is 0.119 e. The highest BCUT2D eigenvalue weighted by Crippen LogP contribution is 2.24. The van der Waals surface area contributed by atoms with E-state index in [0.29, 0.717) is 0 Å². The van der Waals surface area contributed by atoms with Gasteiger partial charge in [0.2, 0.25) is 0 Å². The molecule has 3 N–H and O–H groups in total. The van der Waals surface area contributed by atoms with Crippen LogP contribution in [0, 0.1) is 0 Å². The summed E-state index contributed by atoms with van der Waals surface area (Å²) in [4.78, 5) is 0. The third-order valence-corrected chi connectivity index (χ3v) is 2.88. The molecule has 0 bridgehead atoms. The molecule has 1 rings (SSSR count). The van der Waals surface area contributed by atoms with Gasteiger partial charge < -0.3 is 9.47 Å². The SMILES string of the molecule is CCCC(OC)C(NN)c1cccc(OC)c1. The first-order valence-corrected chi connectivity index (χ1v) is 5.89. The van der Waals surface area contributed by atoms with Gasteiger partial charge in [-0.3, -0.25) is 11.3 Å². The Kier molecular flexibility index (Phi) is 5.97. The van der Waals surface area contributed by atoms with Crippen LogP contribution < -0.4 is 16.0 Å². The average Bonchev–Trinajstić information content (AvgIpc) is 2.38. The number of ether oxygens (including phenoxy) is 2. The molecule has 0 saturated heterocycles. The van der Waals surface area contributed by atoms with Gasteiger partial charge in [-0.2, -0.15) is 0 Å². The summed E-state index contributed by atoms with van der Waals surface area (Å²) >= 11 is 0. The Morgan fingerprint density at radius 2 is 2.12 bits per heavy atom. The second-order valence-corrected chi connectivity index (χ2v) is 3.98. The van der Waals surface area contributed by atoms with Crippen LogP contribution in [0.25, 0.3) is 0 Å². The number of methoxy groups -OCH3 is 2. The lowest BCUT2D eigenvalue weighted by atomic mass is 9.98.